The largest absolute Gasteiger partial charge is 0.215 e. The van der Waals surface area contributed by atoms with Crippen molar-refractivity contribution in [2.45, 2.75) is 75.5 Å². The van der Waals surface area contributed by atoms with Crippen molar-refractivity contribution in [1.82, 2.24) is 4.72 Å². The minimum absolute atomic E-state index is 0.206. The minimum atomic E-state index is -3.32. The van der Waals surface area contributed by atoms with Gasteiger partial charge in [0.05, 0.1) is 11.3 Å². The number of hydrogen-bond donors (Lipinski definition) is 1. The Balaban J connectivity index is 1.98. The van der Waals surface area contributed by atoms with Gasteiger partial charge in [0.1, 0.15) is 6.04 Å². The summed E-state index contributed by atoms with van der Waals surface area (Å²) in [5.41, 5.74) is 0. The Labute approximate surface area is 116 Å². The standard InChI is InChI=1S/C14H24N2O2S/c15-11-14(12-7-3-1-4-8-12)16-19(17,18)13-9-5-2-6-10-13/h12-14,16H,1-10H2. The first-order valence-corrected chi connectivity index (χ1v) is 9.09. The zero-order valence-corrected chi connectivity index (χ0v) is 12.3. The van der Waals surface area contributed by atoms with E-state index in [1.165, 1.54) is 6.42 Å². The van der Waals surface area contributed by atoms with Crippen LogP contribution in [0.5, 0.6) is 0 Å². The van der Waals surface area contributed by atoms with Crippen molar-refractivity contribution < 1.29 is 8.42 Å². The fourth-order valence-electron chi connectivity index (χ4n) is 3.34. The van der Waals surface area contributed by atoms with E-state index < -0.39 is 16.1 Å². The quantitative estimate of drug-likeness (QED) is 0.863. The summed E-state index contributed by atoms with van der Waals surface area (Å²) in [4.78, 5) is 0. The Hall–Kier alpha value is -0.600. The van der Waals surface area contributed by atoms with Crippen LogP contribution in [-0.2, 0) is 10.0 Å². The highest BCUT2D eigenvalue weighted by atomic mass is 32.2. The van der Waals surface area contributed by atoms with Crippen molar-refractivity contribution in [3.63, 3.8) is 0 Å². The van der Waals surface area contributed by atoms with Gasteiger partial charge in [0.15, 0.2) is 0 Å². The van der Waals surface area contributed by atoms with Crippen LogP contribution in [0.15, 0.2) is 0 Å². The summed E-state index contributed by atoms with van der Waals surface area (Å²) in [6.07, 6.45) is 10.0. The van der Waals surface area contributed by atoms with E-state index >= 15 is 0 Å². The van der Waals surface area contributed by atoms with Gasteiger partial charge in [0.25, 0.3) is 0 Å². The van der Waals surface area contributed by atoms with E-state index in [1.807, 2.05) is 0 Å². The lowest BCUT2D eigenvalue weighted by Gasteiger charge is -2.29. The minimum Gasteiger partial charge on any atom is -0.212 e. The van der Waals surface area contributed by atoms with Gasteiger partial charge in [-0.1, -0.05) is 38.5 Å². The van der Waals surface area contributed by atoms with Crippen LogP contribution in [0.25, 0.3) is 0 Å². The van der Waals surface area contributed by atoms with E-state index in [2.05, 4.69) is 10.8 Å². The fraction of sp³-hybridized carbons (Fsp3) is 0.929. The van der Waals surface area contributed by atoms with Crippen molar-refractivity contribution >= 4 is 10.0 Å². The van der Waals surface area contributed by atoms with Gasteiger partial charge in [-0.15, -0.1) is 0 Å². The number of nitrogens with one attached hydrogen (secondary N) is 1. The summed E-state index contributed by atoms with van der Waals surface area (Å²) in [6.45, 7) is 0. The zero-order valence-electron chi connectivity index (χ0n) is 11.5. The third-order valence-corrected chi connectivity index (χ3v) is 6.47. The third kappa shape index (κ3) is 3.93. The van der Waals surface area contributed by atoms with Crippen molar-refractivity contribution in [1.29, 1.82) is 5.26 Å². The van der Waals surface area contributed by atoms with E-state index in [9.17, 15) is 13.7 Å². The van der Waals surface area contributed by atoms with Crippen molar-refractivity contribution in [3.8, 4) is 6.07 Å². The molecule has 0 saturated heterocycles. The molecule has 0 aromatic rings. The Morgan fingerprint density at radius 3 is 2.00 bits per heavy atom. The van der Waals surface area contributed by atoms with Crippen molar-refractivity contribution in [2.75, 3.05) is 0 Å². The molecular weight excluding hydrogens is 260 g/mol. The Morgan fingerprint density at radius 2 is 1.47 bits per heavy atom. The third-order valence-electron chi connectivity index (χ3n) is 4.54. The molecule has 4 nitrogen and oxygen atoms in total. The Morgan fingerprint density at radius 1 is 0.947 bits per heavy atom. The average Bonchev–Trinajstić information content (AvgIpc) is 2.47. The van der Waals surface area contributed by atoms with Gasteiger partial charge in [-0.3, -0.25) is 0 Å². The van der Waals surface area contributed by atoms with Crippen LogP contribution in [0.3, 0.4) is 0 Å². The normalized spacial score (nSPS) is 24.8. The number of rotatable bonds is 4. The SMILES string of the molecule is N#CC(NS(=O)(=O)C1CCCCC1)C1CCCCC1. The molecule has 2 aliphatic rings. The number of hydrogen-bond acceptors (Lipinski definition) is 3. The van der Waals surface area contributed by atoms with Crippen LogP contribution in [-0.4, -0.2) is 19.7 Å². The van der Waals surface area contributed by atoms with Crippen LogP contribution in [0.1, 0.15) is 64.2 Å². The molecule has 0 spiro atoms. The summed E-state index contributed by atoms with van der Waals surface area (Å²) in [7, 11) is -3.32. The first-order chi connectivity index (χ1) is 9.13. The lowest BCUT2D eigenvalue weighted by molar-refractivity contribution is 0.322. The van der Waals surface area contributed by atoms with E-state index in [1.54, 1.807) is 0 Å². The summed E-state index contributed by atoms with van der Waals surface area (Å²) >= 11 is 0. The van der Waals surface area contributed by atoms with Gasteiger partial charge in [-0.05, 0) is 31.6 Å². The molecule has 0 amide bonds. The molecule has 2 saturated carbocycles. The predicted molar refractivity (Wildman–Crippen MR) is 74.9 cm³/mol. The second-order valence-corrected chi connectivity index (χ2v) is 7.92. The molecular formula is C14H24N2O2S. The summed E-state index contributed by atoms with van der Waals surface area (Å²) in [6, 6.07) is 1.66. The average molecular weight is 284 g/mol. The maximum atomic E-state index is 12.3. The van der Waals surface area contributed by atoms with E-state index in [-0.39, 0.29) is 11.2 Å². The highest BCUT2D eigenvalue weighted by Gasteiger charge is 2.32. The van der Waals surface area contributed by atoms with Crippen LogP contribution in [0, 0.1) is 17.2 Å². The zero-order chi connectivity index (χ0) is 13.7. The molecule has 0 aromatic carbocycles. The molecule has 19 heavy (non-hydrogen) atoms. The smallest absolute Gasteiger partial charge is 0.212 e. The van der Waals surface area contributed by atoms with Gasteiger partial charge in [-0.2, -0.15) is 9.98 Å². The monoisotopic (exact) mass is 284 g/mol. The second kappa shape index (κ2) is 6.71. The molecule has 0 radical (unpaired) electrons. The highest BCUT2D eigenvalue weighted by Crippen LogP contribution is 2.28. The van der Waals surface area contributed by atoms with E-state index in [0.717, 1.165) is 57.8 Å². The fourth-order valence-corrected chi connectivity index (χ4v) is 5.09. The molecule has 1 atom stereocenters. The topological polar surface area (TPSA) is 70.0 Å². The highest BCUT2D eigenvalue weighted by molar-refractivity contribution is 7.90. The molecule has 0 bridgehead atoms. The molecule has 2 rings (SSSR count). The van der Waals surface area contributed by atoms with E-state index in [4.69, 9.17) is 0 Å². The second-order valence-electron chi connectivity index (χ2n) is 5.93. The maximum absolute atomic E-state index is 12.3. The van der Waals surface area contributed by atoms with Crippen LogP contribution >= 0.6 is 0 Å². The Bertz CT molecular complexity index is 415. The summed E-state index contributed by atoms with van der Waals surface area (Å²) in [5, 5.41) is 8.99. The first-order valence-electron chi connectivity index (χ1n) is 7.54. The Kier molecular flexibility index (Phi) is 5.23. The lowest BCUT2D eigenvalue weighted by Crippen LogP contribution is -2.44. The molecule has 108 valence electrons. The number of nitrogens with zero attached hydrogens (tertiary/aromatic N) is 1. The summed E-state index contributed by atoms with van der Waals surface area (Å²) < 4.78 is 27.4. The number of sulfonamides is 1. The maximum Gasteiger partial charge on any atom is 0.215 e. The predicted octanol–water partition coefficient (Wildman–Crippen LogP) is 2.71. The number of nitriles is 1. The van der Waals surface area contributed by atoms with Gasteiger partial charge in [-0.25, -0.2) is 8.42 Å². The lowest BCUT2D eigenvalue weighted by atomic mass is 9.85. The van der Waals surface area contributed by atoms with Crippen LogP contribution in [0.2, 0.25) is 0 Å². The van der Waals surface area contributed by atoms with Crippen molar-refractivity contribution in [3.05, 3.63) is 0 Å². The van der Waals surface area contributed by atoms with Gasteiger partial charge >= 0.3 is 0 Å². The molecule has 2 fully saturated rings. The first kappa shape index (κ1) is 14.8. The molecule has 1 unspecified atom stereocenters. The molecule has 0 aromatic heterocycles. The molecule has 1 N–H and O–H groups in total. The molecule has 5 heteroatoms. The van der Waals surface area contributed by atoms with Crippen molar-refractivity contribution in [2.24, 2.45) is 5.92 Å². The van der Waals surface area contributed by atoms with Gasteiger partial charge in [0.2, 0.25) is 10.0 Å². The molecule has 0 heterocycles. The summed E-state index contributed by atoms with van der Waals surface area (Å²) in [5.74, 6) is 0.206. The molecule has 2 aliphatic carbocycles. The van der Waals surface area contributed by atoms with Crippen LogP contribution < -0.4 is 4.72 Å². The molecule has 0 aliphatic heterocycles. The van der Waals surface area contributed by atoms with E-state index in [0.29, 0.717) is 0 Å². The van der Waals surface area contributed by atoms with Gasteiger partial charge in [0, 0.05) is 0 Å². The van der Waals surface area contributed by atoms with Crippen LogP contribution in [0.4, 0.5) is 0 Å². The van der Waals surface area contributed by atoms with Gasteiger partial charge < -0.3 is 0 Å².